The van der Waals surface area contributed by atoms with Crippen molar-refractivity contribution in [1.82, 2.24) is 20.0 Å². The molecule has 1 amide bonds. The summed E-state index contributed by atoms with van der Waals surface area (Å²) in [5.41, 5.74) is 3.09. The van der Waals surface area contributed by atoms with Crippen LogP contribution in [-0.4, -0.2) is 27.2 Å². The lowest BCUT2D eigenvalue weighted by atomic mass is 9.95. The molecule has 3 rings (SSSR count). The summed E-state index contributed by atoms with van der Waals surface area (Å²) in [7, 11) is 0. The van der Waals surface area contributed by atoms with E-state index in [9.17, 15) is 4.79 Å². The highest BCUT2D eigenvalue weighted by Crippen LogP contribution is 2.32. The first-order chi connectivity index (χ1) is 12.1. The Morgan fingerprint density at radius 1 is 1.28 bits per heavy atom. The van der Waals surface area contributed by atoms with Crippen LogP contribution >= 0.6 is 0 Å². The molecule has 0 radical (unpaired) electrons. The van der Waals surface area contributed by atoms with Crippen LogP contribution in [0.2, 0.25) is 0 Å². The molecule has 2 aromatic rings. The summed E-state index contributed by atoms with van der Waals surface area (Å²) in [5.74, 6) is 1.29. The third kappa shape index (κ3) is 4.11. The highest BCUT2D eigenvalue weighted by molar-refractivity contribution is 5.95. The van der Waals surface area contributed by atoms with E-state index in [-0.39, 0.29) is 5.91 Å². The van der Waals surface area contributed by atoms with Crippen LogP contribution in [0.25, 0.3) is 0 Å². The second-order valence-electron chi connectivity index (χ2n) is 7.04. The molecule has 1 aliphatic rings. The second kappa shape index (κ2) is 7.85. The van der Waals surface area contributed by atoms with Gasteiger partial charge in [0.25, 0.3) is 5.91 Å². The van der Waals surface area contributed by atoms with E-state index in [0.29, 0.717) is 30.7 Å². The van der Waals surface area contributed by atoms with Gasteiger partial charge in [-0.1, -0.05) is 24.4 Å². The van der Waals surface area contributed by atoms with Crippen molar-refractivity contribution in [3.63, 3.8) is 0 Å². The molecule has 0 bridgehead atoms. The fourth-order valence-electron chi connectivity index (χ4n) is 3.89. The lowest BCUT2D eigenvalue weighted by Gasteiger charge is -2.26. The first-order valence-electron chi connectivity index (χ1n) is 9.32. The van der Waals surface area contributed by atoms with Gasteiger partial charge in [-0.3, -0.25) is 4.79 Å². The predicted molar refractivity (Wildman–Crippen MR) is 95.7 cm³/mol. The molecule has 1 N–H and O–H groups in total. The lowest BCUT2D eigenvalue weighted by molar-refractivity contribution is 0.0952. The van der Waals surface area contributed by atoms with Gasteiger partial charge in [-0.05, 0) is 46.1 Å². The third-order valence-corrected chi connectivity index (χ3v) is 5.09. The van der Waals surface area contributed by atoms with Gasteiger partial charge in [-0.25, -0.2) is 0 Å². The van der Waals surface area contributed by atoms with E-state index in [1.807, 2.05) is 6.07 Å². The summed E-state index contributed by atoms with van der Waals surface area (Å²) >= 11 is 0. The summed E-state index contributed by atoms with van der Waals surface area (Å²) in [4.78, 5) is 16.7. The van der Waals surface area contributed by atoms with E-state index in [1.165, 1.54) is 37.8 Å². The molecule has 136 valence electrons. The summed E-state index contributed by atoms with van der Waals surface area (Å²) < 4.78 is 7.45. The summed E-state index contributed by atoms with van der Waals surface area (Å²) in [6.07, 6.45) is 7.83. The maximum Gasteiger partial charge on any atom is 0.253 e. The van der Waals surface area contributed by atoms with E-state index in [1.54, 1.807) is 6.92 Å². The van der Waals surface area contributed by atoms with Gasteiger partial charge in [-0.15, -0.1) is 0 Å². The van der Waals surface area contributed by atoms with E-state index in [0.717, 1.165) is 17.7 Å². The van der Waals surface area contributed by atoms with Crippen molar-refractivity contribution >= 4 is 5.91 Å². The van der Waals surface area contributed by atoms with Crippen LogP contribution in [0.1, 0.15) is 78.0 Å². The van der Waals surface area contributed by atoms with Crippen LogP contribution in [0, 0.1) is 20.8 Å². The normalized spacial score (nSPS) is 15.5. The smallest absolute Gasteiger partial charge is 0.253 e. The zero-order valence-corrected chi connectivity index (χ0v) is 15.5. The molecule has 0 saturated heterocycles. The van der Waals surface area contributed by atoms with Crippen molar-refractivity contribution in [2.45, 2.75) is 71.8 Å². The summed E-state index contributed by atoms with van der Waals surface area (Å²) in [6, 6.07) is 2.58. The van der Waals surface area contributed by atoms with Gasteiger partial charge in [0, 0.05) is 30.4 Å². The number of aromatic nitrogens is 3. The van der Waals surface area contributed by atoms with Gasteiger partial charge in [0.15, 0.2) is 5.82 Å². The molecule has 0 atom stereocenters. The number of carbonyl (C=O) groups excluding carboxylic acids is 1. The second-order valence-corrected chi connectivity index (χ2v) is 7.04. The van der Waals surface area contributed by atoms with E-state index in [2.05, 4.69) is 33.9 Å². The fourth-order valence-corrected chi connectivity index (χ4v) is 3.89. The molecule has 0 aromatic carbocycles. The fraction of sp³-hybridized carbons (Fsp3) is 0.632. The molecule has 1 fully saturated rings. The van der Waals surface area contributed by atoms with Crippen LogP contribution in [0.4, 0.5) is 0 Å². The topological polar surface area (TPSA) is 73.0 Å². The van der Waals surface area contributed by atoms with Gasteiger partial charge in [0.1, 0.15) is 0 Å². The molecule has 0 aliphatic heterocycles. The lowest BCUT2D eigenvalue weighted by Crippen LogP contribution is -2.25. The molecule has 6 nitrogen and oxygen atoms in total. The SMILES string of the molecule is Cc1noc(CCCNC(=O)c2cc(C)n(C3CCCCC3)c2C)n1. The quantitative estimate of drug-likeness (QED) is 0.812. The Bertz CT molecular complexity index is 726. The zero-order chi connectivity index (χ0) is 17.8. The van der Waals surface area contributed by atoms with Crippen molar-refractivity contribution in [3.05, 3.63) is 34.7 Å². The van der Waals surface area contributed by atoms with Gasteiger partial charge in [-0.2, -0.15) is 4.98 Å². The average Bonchev–Trinajstić information content (AvgIpc) is 3.15. The minimum Gasteiger partial charge on any atom is -0.352 e. The summed E-state index contributed by atoms with van der Waals surface area (Å²) in [5, 5.41) is 6.79. The van der Waals surface area contributed by atoms with Crippen molar-refractivity contribution < 1.29 is 9.32 Å². The highest BCUT2D eigenvalue weighted by atomic mass is 16.5. The molecular formula is C19H28N4O2. The maximum absolute atomic E-state index is 12.6. The van der Waals surface area contributed by atoms with Crippen LogP contribution in [0.3, 0.4) is 0 Å². The number of rotatable bonds is 6. The number of amides is 1. The maximum atomic E-state index is 12.6. The van der Waals surface area contributed by atoms with Crippen LogP contribution < -0.4 is 5.32 Å². The van der Waals surface area contributed by atoms with Crippen molar-refractivity contribution in [2.24, 2.45) is 0 Å². The minimum atomic E-state index is 0.0110. The number of hydrogen-bond donors (Lipinski definition) is 1. The highest BCUT2D eigenvalue weighted by Gasteiger charge is 2.22. The molecule has 0 unspecified atom stereocenters. The Morgan fingerprint density at radius 3 is 2.72 bits per heavy atom. The van der Waals surface area contributed by atoms with Gasteiger partial charge in [0.2, 0.25) is 5.89 Å². The van der Waals surface area contributed by atoms with Crippen LogP contribution in [-0.2, 0) is 6.42 Å². The summed E-state index contributed by atoms with van der Waals surface area (Å²) in [6.45, 7) is 6.58. The number of hydrogen-bond acceptors (Lipinski definition) is 4. The Kier molecular flexibility index (Phi) is 5.56. The molecule has 25 heavy (non-hydrogen) atoms. The molecule has 2 heterocycles. The number of aryl methyl sites for hydroxylation is 3. The Labute approximate surface area is 149 Å². The zero-order valence-electron chi connectivity index (χ0n) is 15.5. The Hall–Kier alpha value is -2.11. The number of nitrogens with one attached hydrogen (secondary N) is 1. The predicted octanol–water partition coefficient (Wildman–Crippen LogP) is 3.66. The van der Waals surface area contributed by atoms with E-state index >= 15 is 0 Å². The molecule has 6 heteroatoms. The van der Waals surface area contributed by atoms with Crippen molar-refractivity contribution in [1.29, 1.82) is 0 Å². The first-order valence-corrected chi connectivity index (χ1v) is 9.32. The van der Waals surface area contributed by atoms with Crippen molar-refractivity contribution in [2.75, 3.05) is 6.54 Å². The molecule has 0 spiro atoms. The molecule has 1 saturated carbocycles. The third-order valence-electron chi connectivity index (χ3n) is 5.09. The minimum absolute atomic E-state index is 0.0110. The molecule has 2 aromatic heterocycles. The van der Waals surface area contributed by atoms with Crippen LogP contribution in [0.5, 0.6) is 0 Å². The number of nitrogens with zero attached hydrogens (tertiary/aromatic N) is 3. The molecule has 1 aliphatic carbocycles. The van der Waals surface area contributed by atoms with E-state index in [4.69, 9.17) is 4.52 Å². The van der Waals surface area contributed by atoms with Crippen molar-refractivity contribution in [3.8, 4) is 0 Å². The monoisotopic (exact) mass is 344 g/mol. The largest absolute Gasteiger partial charge is 0.352 e. The van der Waals surface area contributed by atoms with Gasteiger partial charge >= 0.3 is 0 Å². The standard InChI is InChI=1S/C19H28N4O2/c1-13-12-17(14(2)23(13)16-8-5-4-6-9-16)19(24)20-11-7-10-18-21-15(3)22-25-18/h12,16H,4-11H2,1-3H3,(H,20,24). The Morgan fingerprint density at radius 2 is 2.04 bits per heavy atom. The average molecular weight is 344 g/mol. The van der Waals surface area contributed by atoms with E-state index < -0.39 is 0 Å². The molecular weight excluding hydrogens is 316 g/mol. The van der Waals surface area contributed by atoms with Gasteiger partial charge in [0.05, 0.1) is 5.56 Å². The Balaban J connectivity index is 1.56. The van der Waals surface area contributed by atoms with Gasteiger partial charge < -0.3 is 14.4 Å². The first kappa shape index (κ1) is 17.7. The number of carbonyl (C=O) groups is 1. The van der Waals surface area contributed by atoms with Crippen LogP contribution in [0.15, 0.2) is 10.6 Å².